The Bertz CT molecular complexity index is 546. The SMILES string of the molecule is O=C(NC1CCN(C(=O)c2ccc(F)cc2)CC1)C1CCC1. The van der Waals surface area contributed by atoms with Crippen LogP contribution in [0.4, 0.5) is 4.39 Å². The smallest absolute Gasteiger partial charge is 0.253 e. The van der Waals surface area contributed by atoms with Crippen molar-refractivity contribution < 1.29 is 14.0 Å². The molecule has 1 N–H and O–H groups in total. The molecular weight excluding hydrogens is 283 g/mol. The molecule has 5 heteroatoms. The molecule has 1 heterocycles. The first-order chi connectivity index (χ1) is 10.6. The molecule has 1 aliphatic heterocycles. The van der Waals surface area contributed by atoms with Gasteiger partial charge in [-0.2, -0.15) is 0 Å². The zero-order valence-electron chi connectivity index (χ0n) is 12.6. The molecule has 1 saturated heterocycles. The summed E-state index contributed by atoms with van der Waals surface area (Å²) in [6.45, 7) is 1.26. The molecule has 0 aromatic heterocycles. The first-order valence-corrected chi connectivity index (χ1v) is 7.99. The van der Waals surface area contributed by atoms with E-state index in [0.717, 1.165) is 32.1 Å². The van der Waals surface area contributed by atoms with Crippen molar-refractivity contribution in [1.29, 1.82) is 0 Å². The molecule has 0 atom stereocenters. The van der Waals surface area contributed by atoms with Crippen molar-refractivity contribution in [2.24, 2.45) is 5.92 Å². The van der Waals surface area contributed by atoms with Gasteiger partial charge in [0.15, 0.2) is 0 Å². The first-order valence-electron chi connectivity index (χ1n) is 7.99. The Morgan fingerprint density at radius 3 is 2.23 bits per heavy atom. The van der Waals surface area contributed by atoms with E-state index in [-0.39, 0.29) is 29.6 Å². The number of carbonyl (C=O) groups excluding carboxylic acids is 2. The summed E-state index contributed by atoms with van der Waals surface area (Å²) in [7, 11) is 0. The number of halogens is 1. The summed E-state index contributed by atoms with van der Waals surface area (Å²) in [5.41, 5.74) is 0.512. The zero-order chi connectivity index (χ0) is 15.5. The fraction of sp³-hybridized carbons (Fsp3) is 0.529. The maximum Gasteiger partial charge on any atom is 0.253 e. The molecule has 2 fully saturated rings. The molecule has 1 aromatic carbocycles. The summed E-state index contributed by atoms with van der Waals surface area (Å²) in [5, 5.41) is 3.10. The fourth-order valence-electron chi connectivity index (χ4n) is 2.99. The third kappa shape index (κ3) is 3.29. The van der Waals surface area contributed by atoms with Gasteiger partial charge in [0, 0.05) is 30.6 Å². The molecule has 0 spiro atoms. The van der Waals surface area contributed by atoms with E-state index >= 15 is 0 Å². The molecule has 2 amide bonds. The number of carbonyl (C=O) groups is 2. The second kappa shape index (κ2) is 6.46. The summed E-state index contributed by atoms with van der Waals surface area (Å²) in [4.78, 5) is 26.0. The number of amides is 2. The van der Waals surface area contributed by atoms with Crippen LogP contribution in [0.25, 0.3) is 0 Å². The van der Waals surface area contributed by atoms with Crippen molar-refractivity contribution in [1.82, 2.24) is 10.2 Å². The Labute approximate surface area is 129 Å². The summed E-state index contributed by atoms with van der Waals surface area (Å²) in [5.74, 6) is -0.0221. The molecule has 22 heavy (non-hydrogen) atoms. The van der Waals surface area contributed by atoms with E-state index in [1.54, 1.807) is 4.90 Å². The van der Waals surface area contributed by atoms with E-state index in [0.29, 0.717) is 18.7 Å². The minimum absolute atomic E-state index is 0.0660. The number of nitrogens with zero attached hydrogens (tertiary/aromatic N) is 1. The largest absolute Gasteiger partial charge is 0.353 e. The van der Waals surface area contributed by atoms with Gasteiger partial charge in [-0.1, -0.05) is 6.42 Å². The van der Waals surface area contributed by atoms with Crippen LogP contribution in [0, 0.1) is 11.7 Å². The highest BCUT2D eigenvalue weighted by molar-refractivity contribution is 5.94. The van der Waals surface area contributed by atoms with Crippen LogP contribution in [-0.2, 0) is 4.79 Å². The number of hydrogen-bond donors (Lipinski definition) is 1. The molecule has 2 aliphatic rings. The molecule has 0 radical (unpaired) electrons. The fourth-order valence-corrected chi connectivity index (χ4v) is 2.99. The van der Waals surface area contributed by atoms with Gasteiger partial charge in [-0.25, -0.2) is 4.39 Å². The number of benzene rings is 1. The van der Waals surface area contributed by atoms with Crippen LogP contribution in [0.2, 0.25) is 0 Å². The maximum absolute atomic E-state index is 12.9. The first kappa shape index (κ1) is 15.0. The summed E-state index contributed by atoms with van der Waals surface area (Å²) < 4.78 is 12.9. The van der Waals surface area contributed by atoms with Crippen molar-refractivity contribution in [3.8, 4) is 0 Å². The lowest BCUT2D eigenvalue weighted by Gasteiger charge is -2.34. The van der Waals surface area contributed by atoms with Crippen LogP contribution in [0.3, 0.4) is 0 Å². The van der Waals surface area contributed by atoms with E-state index in [1.165, 1.54) is 24.3 Å². The van der Waals surface area contributed by atoms with E-state index in [4.69, 9.17) is 0 Å². The zero-order valence-corrected chi connectivity index (χ0v) is 12.6. The van der Waals surface area contributed by atoms with Crippen molar-refractivity contribution in [3.05, 3.63) is 35.6 Å². The summed E-state index contributed by atoms with van der Waals surface area (Å²) in [6, 6.07) is 5.81. The number of likely N-dealkylation sites (tertiary alicyclic amines) is 1. The molecule has 4 nitrogen and oxygen atoms in total. The van der Waals surface area contributed by atoms with Gasteiger partial charge in [-0.3, -0.25) is 9.59 Å². The van der Waals surface area contributed by atoms with Crippen LogP contribution in [0.15, 0.2) is 24.3 Å². The monoisotopic (exact) mass is 304 g/mol. The quantitative estimate of drug-likeness (QED) is 0.932. The molecule has 118 valence electrons. The predicted octanol–water partition coefficient (Wildman–Crippen LogP) is 2.35. The van der Waals surface area contributed by atoms with Crippen molar-refractivity contribution >= 4 is 11.8 Å². The highest BCUT2D eigenvalue weighted by atomic mass is 19.1. The van der Waals surface area contributed by atoms with Crippen LogP contribution in [0.1, 0.15) is 42.5 Å². The van der Waals surface area contributed by atoms with Crippen molar-refractivity contribution in [2.45, 2.75) is 38.1 Å². The number of hydrogen-bond acceptors (Lipinski definition) is 2. The number of rotatable bonds is 3. The molecular formula is C17H21FN2O2. The molecule has 3 rings (SSSR count). The Kier molecular flexibility index (Phi) is 4.41. The standard InChI is InChI=1S/C17H21FN2O2/c18-14-6-4-13(5-7-14)17(22)20-10-8-15(9-11-20)19-16(21)12-2-1-3-12/h4-7,12,15H,1-3,8-11H2,(H,19,21). The average Bonchev–Trinajstić information content (AvgIpc) is 2.46. The minimum Gasteiger partial charge on any atom is -0.353 e. The average molecular weight is 304 g/mol. The Morgan fingerprint density at radius 2 is 1.68 bits per heavy atom. The molecule has 0 bridgehead atoms. The van der Waals surface area contributed by atoms with E-state index in [1.807, 2.05) is 0 Å². The van der Waals surface area contributed by atoms with Gasteiger partial charge in [0.25, 0.3) is 5.91 Å². The van der Waals surface area contributed by atoms with Crippen LogP contribution < -0.4 is 5.32 Å². The number of nitrogens with one attached hydrogen (secondary N) is 1. The predicted molar refractivity (Wildman–Crippen MR) is 80.8 cm³/mol. The van der Waals surface area contributed by atoms with Gasteiger partial charge in [-0.15, -0.1) is 0 Å². The Hall–Kier alpha value is -1.91. The van der Waals surface area contributed by atoms with Crippen LogP contribution >= 0.6 is 0 Å². The Morgan fingerprint density at radius 1 is 1.05 bits per heavy atom. The van der Waals surface area contributed by atoms with Gasteiger partial charge >= 0.3 is 0 Å². The number of piperidine rings is 1. The van der Waals surface area contributed by atoms with Crippen molar-refractivity contribution in [3.63, 3.8) is 0 Å². The van der Waals surface area contributed by atoms with Crippen LogP contribution in [-0.4, -0.2) is 35.8 Å². The topological polar surface area (TPSA) is 49.4 Å². The van der Waals surface area contributed by atoms with Gasteiger partial charge in [0.2, 0.25) is 5.91 Å². The lowest BCUT2D eigenvalue weighted by Crippen LogP contribution is -2.48. The summed E-state index contributed by atoms with van der Waals surface area (Å²) >= 11 is 0. The third-order valence-corrected chi connectivity index (χ3v) is 4.70. The lowest BCUT2D eigenvalue weighted by molar-refractivity contribution is -0.128. The third-order valence-electron chi connectivity index (χ3n) is 4.70. The Balaban J connectivity index is 1.49. The molecule has 1 saturated carbocycles. The van der Waals surface area contributed by atoms with E-state index in [9.17, 15) is 14.0 Å². The molecule has 1 aliphatic carbocycles. The minimum atomic E-state index is -0.339. The normalized spacial score (nSPS) is 19.6. The van der Waals surface area contributed by atoms with Gasteiger partial charge in [0.05, 0.1) is 0 Å². The van der Waals surface area contributed by atoms with Gasteiger partial charge in [-0.05, 0) is 49.9 Å². The van der Waals surface area contributed by atoms with Gasteiger partial charge < -0.3 is 10.2 Å². The second-order valence-corrected chi connectivity index (χ2v) is 6.21. The summed E-state index contributed by atoms with van der Waals surface area (Å²) in [6.07, 6.45) is 4.74. The maximum atomic E-state index is 12.9. The molecule has 1 aromatic rings. The lowest BCUT2D eigenvalue weighted by atomic mass is 9.84. The molecule has 0 unspecified atom stereocenters. The highest BCUT2D eigenvalue weighted by Gasteiger charge is 2.29. The van der Waals surface area contributed by atoms with Crippen molar-refractivity contribution in [2.75, 3.05) is 13.1 Å². The van der Waals surface area contributed by atoms with E-state index in [2.05, 4.69) is 5.32 Å². The van der Waals surface area contributed by atoms with Gasteiger partial charge in [0.1, 0.15) is 5.82 Å². The van der Waals surface area contributed by atoms with Crippen LogP contribution in [0.5, 0.6) is 0 Å². The second-order valence-electron chi connectivity index (χ2n) is 6.21. The highest BCUT2D eigenvalue weighted by Crippen LogP contribution is 2.26. The van der Waals surface area contributed by atoms with E-state index < -0.39 is 0 Å².